The van der Waals surface area contributed by atoms with Crippen LogP contribution in [0.4, 0.5) is 24.5 Å². The summed E-state index contributed by atoms with van der Waals surface area (Å²) in [7, 11) is 0. The average Bonchev–Trinajstić information content (AvgIpc) is 3.09. The molecule has 0 bridgehead atoms. The smallest absolute Gasteiger partial charge is 0.377 e. The molecular formula is C19H14ClF3N2O2. The fourth-order valence-electron chi connectivity index (χ4n) is 4.03. The number of hydrogen-bond donors (Lipinski definition) is 1. The Morgan fingerprint density at radius 3 is 2.48 bits per heavy atom. The first-order valence-electron chi connectivity index (χ1n) is 8.34. The van der Waals surface area contributed by atoms with E-state index in [1.54, 1.807) is 12.1 Å². The van der Waals surface area contributed by atoms with E-state index in [-0.39, 0.29) is 23.2 Å². The van der Waals surface area contributed by atoms with Crippen molar-refractivity contribution in [1.29, 1.82) is 0 Å². The summed E-state index contributed by atoms with van der Waals surface area (Å²) < 4.78 is 40.6. The lowest BCUT2D eigenvalue weighted by molar-refractivity contribution is -0.384. The number of benzene rings is 2. The second-order valence-corrected chi connectivity index (χ2v) is 7.11. The summed E-state index contributed by atoms with van der Waals surface area (Å²) in [4.78, 5) is 10.4. The topological polar surface area (TPSA) is 55.2 Å². The van der Waals surface area contributed by atoms with Gasteiger partial charge < -0.3 is 5.32 Å². The number of rotatable bonds is 2. The first kappa shape index (κ1) is 17.9. The quantitative estimate of drug-likeness (QED) is 0.380. The highest BCUT2D eigenvalue weighted by Crippen LogP contribution is 2.54. The summed E-state index contributed by atoms with van der Waals surface area (Å²) in [5, 5.41) is 14.2. The molecule has 0 amide bonds. The molecule has 0 fully saturated rings. The molecule has 1 N–H and O–H groups in total. The van der Waals surface area contributed by atoms with Crippen LogP contribution in [0, 0.1) is 16.0 Å². The molecule has 2 aromatic carbocycles. The molecule has 2 aliphatic rings. The fraction of sp³-hybridized carbons (Fsp3) is 0.263. The number of alkyl halides is 3. The number of nitro groups is 1. The minimum atomic E-state index is -4.52. The Labute approximate surface area is 157 Å². The number of fused-ring (bicyclic) bond motifs is 3. The highest BCUT2D eigenvalue weighted by molar-refractivity contribution is 6.32. The van der Waals surface area contributed by atoms with Crippen molar-refractivity contribution in [3.8, 4) is 0 Å². The van der Waals surface area contributed by atoms with Gasteiger partial charge >= 0.3 is 6.18 Å². The van der Waals surface area contributed by atoms with Gasteiger partial charge in [0.2, 0.25) is 0 Å². The van der Waals surface area contributed by atoms with Gasteiger partial charge in [-0.05, 0) is 30.0 Å². The van der Waals surface area contributed by atoms with Crippen molar-refractivity contribution in [1.82, 2.24) is 0 Å². The Hall–Kier alpha value is -2.54. The molecule has 3 atom stereocenters. The Morgan fingerprint density at radius 2 is 1.85 bits per heavy atom. The van der Waals surface area contributed by atoms with E-state index in [1.807, 2.05) is 12.2 Å². The molecule has 0 unspecified atom stereocenters. The predicted octanol–water partition coefficient (Wildman–Crippen LogP) is 6.09. The molecular weight excluding hydrogens is 381 g/mol. The van der Waals surface area contributed by atoms with Crippen LogP contribution in [0.5, 0.6) is 0 Å². The summed E-state index contributed by atoms with van der Waals surface area (Å²) in [5.41, 5.74) is 0.343. The molecule has 0 aromatic heterocycles. The van der Waals surface area contributed by atoms with Crippen LogP contribution in [0.1, 0.15) is 35.1 Å². The number of allylic oxidation sites excluding steroid dienone is 2. The Kier molecular flexibility index (Phi) is 4.14. The van der Waals surface area contributed by atoms with Gasteiger partial charge in [0.25, 0.3) is 5.69 Å². The fourth-order valence-corrected chi connectivity index (χ4v) is 4.32. The Morgan fingerprint density at radius 1 is 1.15 bits per heavy atom. The summed E-state index contributed by atoms with van der Waals surface area (Å²) >= 11 is 6.26. The van der Waals surface area contributed by atoms with E-state index in [0.29, 0.717) is 22.6 Å². The van der Waals surface area contributed by atoms with Crippen LogP contribution in [0.25, 0.3) is 0 Å². The van der Waals surface area contributed by atoms with Crippen LogP contribution >= 0.6 is 11.6 Å². The minimum absolute atomic E-state index is 0.00819. The van der Waals surface area contributed by atoms with Gasteiger partial charge in [0.1, 0.15) is 0 Å². The van der Waals surface area contributed by atoms with Crippen molar-refractivity contribution in [3.05, 3.63) is 80.4 Å². The van der Waals surface area contributed by atoms with Crippen molar-refractivity contribution in [2.24, 2.45) is 5.92 Å². The Bertz CT molecular complexity index is 941. The zero-order valence-corrected chi connectivity index (χ0v) is 14.6. The molecule has 0 saturated carbocycles. The van der Waals surface area contributed by atoms with E-state index in [2.05, 4.69) is 5.32 Å². The van der Waals surface area contributed by atoms with Crippen LogP contribution in [0.15, 0.2) is 48.6 Å². The summed E-state index contributed by atoms with van der Waals surface area (Å²) in [6.45, 7) is 0. The van der Waals surface area contributed by atoms with Gasteiger partial charge in [0.15, 0.2) is 0 Å². The van der Waals surface area contributed by atoms with E-state index < -0.39 is 22.7 Å². The van der Waals surface area contributed by atoms with Crippen LogP contribution in [-0.4, -0.2) is 4.92 Å². The average molecular weight is 395 g/mol. The zero-order chi connectivity index (χ0) is 19.3. The van der Waals surface area contributed by atoms with Crippen molar-refractivity contribution in [3.63, 3.8) is 0 Å². The maximum atomic E-state index is 13.5. The van der Waals surface area contributed by atoms with Crippen LogP contribution in [0.3, 0.4) is 0 Å². The van der Waals surface area contributed by atoms with Gasteiger partial charge in [-0.1, -0.05) is 35.9 Å². The number of halogens is 4. The van der Waals surface area contributed by atoms with Gasteiger partial charge in [-0.2, -0.15) is 13.2 Å². The lowest BCUT2D eigenvalue weighted by Crippen LogP contribution is -2.31. The van der Waals surface area contributed by atoms with E-state index in [4.69, 9.17) is 11.6 Å². The first-order chi connectivity index (χ1) is 12.8. The van der Waals surface area contributed by atoms with E-state index in [9.17, 15) is 23.3 Å². The number of nitrogens with zero attached hydrogens (tertiary/aromatic N) is 1. The number of nitro benzene ring substituents is 1. The van der Waals surface area contributed by atoms with Gasteiger partial charge in [-0.25, -0.2) is 0 Å². The summed E-state index contributed by atoms with van der Waals surface area (Å²) in [6.07, 6.45) is 0.0119. The lowest BCUT2D eigenvalue weighted by Gasteiger charge is -2.39. The van der Waals surface area contributed by atoms with E-state index >= 15 is 0 Å². The molecule has 1 heterocycles. The highest BCUT2D eigenvalue weighted by atomic mass is 35.5. The highest BCUT2D eigenvalue weighted by Gasteiger charge is 2.44. The summed E-state index contributed by atoms with van der Waals surface area (Å²) in [5.74, 6) is -0.254. The number of hydrogen-bond acceptors (Lipinski definition) is 3. The number of non-ortho nitro benzene ring substituents is 1. The monoisotopic (exact) mass is 394 g/mol. The molecule has 0 radical (unpaired) electrons. The van der Waals surface area contributed by atoms with Gasteiger partial charge in [-0.3, -0.25) is 10.1 Å². The number of nitrogens with one attached hydrogen (secondary N) is 1. The maximum Gasteiger partial charge on any atom is 0.418 e. The van der Waals surface area contributed by atoms with Crippen molar-refractivity contribution in [2.75, 3.05) is 5.32 Å². The van der Waals surface area contributed by atoms with Gasteiger partial charge in [-0.15, -0.1) is 0 Å². The third-order valence-corrected chi connectivity index (χ3v) is 5.56. The molecule has 1 aliphatic heterocycles. The molecule has 0 spiro atoms. The molecule has 8 heteroatoms. The molecule has 140 valence electrons. The van der Waals surface area contributed by atoms with Crippen LogP contribution in [-0.2, 0) is 6.18 Å². The second-order valence-electron chi connectivity index (χ2n) is 6.71. The van der Waals surface area contributed by atoms with Crippen molar-refractivity contribution in [2.45, 2.75) is 24.6 Å². The molecule has 1 aliphatic carbocycles. The lowest BCUT2D eigenvalue weighted by atomic mass is 9.76. The minimum Gasteiger partial charge on any atom is -0.377 e. The predicted molar refractivity (Wildman–Crippen MR) is 95.9 cm³/mol. The maximum absolute atomic E-state index is 13.5. The molecule has 2 aromatic rings. The second kappa shape index (κ2) is 6.27. The SMILES string of the molecule is O=[N+]([O-])c1ccc([C@H]2Nc3c(C(F)(F)F)ccc(Cl)c3[C@H]3C=CC[C@@H]32)cc1. The van der Waals surface area contributed by atoms with Crippen molar-refractivity contribution < 1.29 is 18.1 Å². The zero-order valence-electron chi connectivity index (χ0n) is 13.8. The molecule has 0 saturated heterocycles. The Balaban J connectivity index is 1.83. The first-order valence-corrected chi connectivity index (χ1v) is 8.72. The summed E-state index contributed by atoms with van der Waals surface area (Å²) in [6, 6.07) is 7.79. The normalized spacial score (nSPS) is 23.5. The van der Waals surface area contributed by atoms with Crippen LogP contribution < -0.4 is 5.32 Å². The van der Waals surface area contributed by atoms with Crippen LogP contribution in [0.2, 0.25) is 5.02 Å². The van der Waals surface area contributed by atoms with Gasteiger partial charge in [0.05, 0.1) is 22.2 Å². The van der Waals surface area contributed by atoms with E-state index in [0.717, 1.165) is 6.07 Å². The molecule has 4 rings (SSSR count). The van der Waals surface area contributed by atoms with Gasteiger partial charge in [0, 0.05) is 28.6 Å². The standard InChI is InChI=1S/C19H14ClF3N2O2/c20-15-9-8-14(19(21,22)23)18-16(15)12-2-1-3-13(12)17(24-18)10-4-6-11(7-5-10)25(26)27/h1-2,4-9,12-13,17,24H,3H2/t12-,13-,17+/m0/s1. The third-order valence-electron chi connectivity index (χ3n) is 5.23. The largest absolute Gasteiger partial charge is 0.418 e. The van der Waals surface area contributed by atoms with Crippen molar-refractivity contribution >= 4 is 23.0 Å². The molecule has 4 nitrogen and oxygen atoms in total. The third kappa shape index (κ3) is 2.96. The number of anilines is 1. The van der Waals surface area contributed by atoms with E-state index in [1.165, 1.54) is 18.2 Å². The molecule has 27 heavy (non-hydrogen) atoms.